The molecular weight excluding hydrogens is 346 g/mol. The normalized spacial score (nSPS) is 13.5. The molecule has 1 rings (SSSR count). The van der Waals surface area contributed by atoms with Crippen molar-refractivity contribution in [2.75, 3.05) is 18.8 Å². The van der Waals surface area contributed by atoms with Crippen molar-refractivity contribution in [3.8, 4) is 0 Å². The van der Waals surface area contributed by atoms with Gasteiger partial charge in [-0.1, -0.05) is 0 Å². The van der Waals surface area contributed by atoms with Crippen molar-refractivity contribution < 1.29 is 16.8 Å². The number of nitrogens with one attached hydrogen (secondary N) is 2. The van der Waals surface area contributed by atoms with Crippen LogP contribution in [0, 0.1) is 0 Å². The molecule has 128 valence electrons. The minimum absolute atomic E-state index is 0.0230. The summed E-state index contributed by atoms with van der Waals surface area (Å²) in [7, 11) is -6.85. The van der Waals surface area contributed by atoms with Crippen LogP contribution in [0.2, 0.25) is 0 Å². The van der Waals surface area contributed by atoms with Gasteiger partial charge in [-0.3, -0.25) is 0 Å². The van der Waals surface area contributed by atoms with Gasteiger partial charge >= 0.3 is 0 Å². The fourth-order valence-electron chi connectivity index (χ4n) is 1.52. The Labute approximate surface area is 136 Å². The summed E-state index contributed by atoms with van der Waals surface area (Å²) < 4.78 is 52.3. The predicted molar refractivity (Wildman–Crippen MR) is 88.9 cm³/mol. The van der Waals surface area contributed by atoms with Crippen LogP contribution < -0.4 is 15.2 Å². The van der Waals surface area contributed by atoms with Gasteiger partial charge in [-0.2, -0.15) is 0 Å². The lowest BCUT2D eigenvalue weighted by atomic mass is 10.1. The number of hydrogen-bond donors (Lipinski definition) is 3. The molecule has 0 atom stereocenters. The summed E-state index contributed by atoms with van der Waals surface area (Å²) in [4.78, 5) is 0.796. The summed E-state index contributed by atoms with van der Waals surface area (Å²) in [6.45, 7) is 5.40. The molecule has 1 heterocycles. The lowest BCUT2D eigenvalue weighted by Gasteiger charge is -2.23. The second-order valence-electron chi connectivity index (χ2n) is 5.46. The second-order valence-corrected chi connectivity index (χ2v) is 10.6. The molecule has 1 aromatic rings. The molecule has 0 saturated heterocycles. The summed E-state index contributed by atoms with van der Waals surface area (Å²) in [6, 6.07) is 3.21. The fourth-order valence-corrected chi connectivity index (χ4v) is 4.92. The van der Waals surface area contributed by atoms with Crippen LogP contribution in [0.1, 0.15) is 25.6 Å². The van der Waals surface area contributed by atoms with E-state index in [2.05, 4.69) is 9.44 Å². The van der Waals surface area contributed by atoms with E-state index < -0.39 is 25.6 Å². The van der Waals surface area contributed by atoms with E-state index >= 15 is 0 Å². The molecule has 0 aromatic carbocycles. The average Bonchev–Trinajstić information content (AvgIpc) is 2.87. The van der Waals surface area contributed by atoms with Gasteiger partial charge in [-0.05, 0) is 39.3 Å². The Bertz CT molecular complexity index is 693. The van der Waals surface area contributed by atoms with Gasteiger partial charge in [-0.15, -0.1) is 11.3 Å². The Morgan fingerprint density at radius 2 is 1.86 bits per heavy atom. The molecule has 0 aliphatic rings. The van der Waals surface area contributed by atoms with Gasteiger partial charge in [0.2, 0.25) is 10.0 Å². The van der Waals surface area contributed by atoms with Gasteiger partial charge in [0, 0.05) is 23.5 Å². The number of sulfonamides is 2. The Morgan fingerprint density at radius 3 is 2.41 bits per heavy atom. The zero-order chi connectivity index (χ0) is 17.0. The third kappa shape index (κ3) is 5.94. The van der Waals surface area contributed by atoms with Crippen molar-refractivity contribution in [3.05, 3.63) is 17.0 Å². The van der Waals surface area contributed by atoms with Crippen molar-refractivity contribution in [3.63, 3.8) is 0 Å². The lowest BCUT2D eigenvalue weighted by molar-refractivity contribution is 0.463. The molecule has 10 heteroatoms. The van der Waals surface area contributed by atoms with E-state index in [9.17, 15) is 16.8 Å². The van der Waals surface area contributed by atoms with E-state index in [-0.39, 0.29) is 23.1 Å². The number of nitrogens with two attached hydrogens (primary N) is 1. The molecule has 7 nitrogen and oxygen atoms in total. The zero-order valence-electron chi connectivity index (χ0n) is 12.9. The molecule has 0 bridgehead atoms. The fraction of sp³-hybridized carbons (Fsp3) is 0.667. The largest absolute Gasteiger partial charge is 0.329 e. The average molecular weight is 370 g/mol. The molecule has 0 fully saturated rings. The van der Waals surface area contributed by atoms with Crippen molar-refractivity contribution in [2.24, 2.45) is 5.73 Å². The first-order valence-electron chi connectivity index (χ1n) is 6.81. The zero-order valence-corrected chi connectivity index (χ0v) is 15.4. The minimum atomic E-state index is -3.62. The van der Waals surface area contributed by atoms with Gasteiger partial charge < -0.3 is 5.73 Å². The van der Waals surface area contributed by atoms with Crippen LogP contribution in [0.3, 0.4) is 0 Å². The first-order chi connectivity index (χ1) is 10.0. The first-order valence-corrected chi connectivity index (χ1v) is 10.8. The molecule has 4 N–H and O–H groups in total. The quantitative estimate of drug-likeness (QED) is 0.576. The van der Waals surface area contributed by atoms with Gasteiger partial charge in [0.15, 0.2) is 0 Å². The Balaban J connectivity index is 2.72. The summed E-state index contributed by atoms with van der Waals surface area (Å²) in [5.74, 6) is 0.0230. The highest BCUT2D eigenvalue weighted by molar-refractivity contribution is 7.91. The maximum absolute atomic E-state index is 12.2. The first kappa shape index (κ1) is 19.5. The van der Waals surface area contributed by atoms with Crippen molar-refractivity contribution in [1.82, 2.24) is 9.44 Å². The van der Waals surface area contributed by atoms with Crippen molar-refractivity contribution >= 4 is 31.4 Å². The minimum Gasteiger partial charge on any atom is -0.329 e. The Hall–Kier alpha value is -0.520. The molecule has 0 aliphatic carbocycles. The van der Waals surface area contributed by atoms with Crippen LogP contribution in [0.5, 0.6) is 0 Å². The predicted octanol–water partition coefficient (Wildman–Crippen LogP) is 0.246. The van der Waals surface area contributed by atoms with Crippen LogP contribution in [0.15, 0.2) is 16.3 Å². The van der Waals surface area contributed by atoms with E-state index in [1.807, 2.05) is 0 Å². The Morgan fingerprint density at radius 1 is 1.23 bits per heavy atom. The van der Waals surface area contributed by atoms with Gasteiger partial charge in [0.05, 0.1) is 5.75 Å². The van der Waals surface area contributed by atoms with Crippen molar-refractivity contribution in [1.29, 1.82) is 0 Å². The highest BCUT2D eigenvalue weighted by Crippen LogP contribution is 2.23. The van der Waals surface area contributed by atoms with Crippen LogP contribution in [0.4, 0.5) is 0 Å². The summed E-state index contributed by atoms with van der Waals surface area (Å²) in [5, 5.41) is 0. The topological polar surface area (TPSA) is 118 Å². The maximum atomic E-state index is 12.2. The van der Waals surface area contributed by atoms with Crippen LogP contribution in [-0.4, -0.2) is 41.2 Å². The summed E-state index contributed by atoms with van der Waals surface area (Å²) in [5.41, 5.74) is 4.81. The van der Waals surface area contributed by atoms with E-state index in [0.29, 0.717) is 6.42 Å². The second kappa shape index (κ2) is 7.37. The SMILES string of the molecule is CCS(=O)(=O)NCCc1ccc(S(=O)(=O)NC(C)(C)CN)s1. The number of thiophene rings is 1. The van der Waals surface area contributed by atoms with Gasteiger partial charge in [0.25, 0.3) is 10.0 Å². The molecule has 1 aromatic heterocycles. The van der Waals surface area contributed by atoms with Gasteiger partial charge in [-0.25, -0.2) is 26.3 Å². The van der Waals surface area contributed by atoms with Crippen LogP contribution in [-0.2, 0) is 26.5 Å². The third-order valence-electron chi connectivity index (χ3n) is 2.90. The van der Waals surface area contributed by atoms with E-state index in [1.54, 1.807) is 26.8 Å². The monoisotopic (exact) mass is 369 g/mol. The number of rotatable bonds is 9. The maximum Gasteiger partial charge on any atom is 0.250 e. The molecule has 0 radical (unpaired) electrons. The Kier molecular flexibility index (Phi) is 6.54. The third-order valence-corrected chi connectivity index (χ3v) is 7.64. The molecule has 0 saturated carbocycles. The highest BCUT2D eigenvalue weighted by atomic mass is 32.2. The summed E-state index contributed by atoms with van der Waals surface area (Å²) >= 11 is 1.12. The molecule has 0 amide bonds. The molecule has 22 heavy (non-hydrogen) atoms. The molecule has 0 spiro atoms. The molecular formula is C12H23N3O4S3. The van der Waals surface area contributed by atoms with Crippen LogP contribution in [0.25, 0.3) is 0 Å². The standard InChI is InChI=1S/C12H23N3O4S3/c1-4-21(16,17)14-8-7-10-5-6-11(20-10)22(18,19)15-12(2,3)9-13/h5-6,14-15H,4,7-9,13H2,1-3H3. The molecule has 0 aliphatic heterocycles. The van der Waals surface area contributed by atoms with Crippen LogP contribution >= 0.6 is 11.3 Å². The van der Waals surface area contributed by atoms with E-state index in [1.165, 1.54) is 6.07 Å². The number of hydrogen-bond acceptors (Lipinski definition) is 6. The van der Waals surface area contributed by atoms with E-state index in [0.717, 1.165) is 16.2 Å². The van der Waals surface area contributed by atoms with Gasteiger partial charge in [0.1, 0.15) is 4.21 Å². The smallest absolute Gasteiger partial charge is 0.250 e. The lowest BCUT2D eigenvalue weighted by Crippen LogP contribution is -2.48. The van der Waals surface area contributed by atoms with E-state index in [4.69, 9.17) is 5.73 Å². The summed E-state index contributed by atoms with van der Waals surface area (Å²) in [6.07, 6.45) is 0.444. The molecule has 0 unspecified atom stereocenters. The van der Waals surface area contributed by atoms with Crippen molar-refractivity contribution in [2.45, 2.75) is 36.9 Å². The highest BCUT2D eigenvalue weighted by Gasteiger charge is 2.26.